The highest BCUT2D eigenvalue weighted by Gasteiger charge is 2.45. The van der Waals surface area contributed by atoms with Gasteiger partial charge in [-0.15, -0.1) is 0 Å². The number of aliphatic hydroxyl groups excluding tert-OH is 1. The number of amides is 1. The Labute approximate surface area is 193 Å². The Bertz CT molecular complexity index is 1050. The molecule has 2 aromatic carbocycles. The second-order valence-corrected chi connectivity index (χ2v) is 8.57. The molecule has 33 heavy (non-hydrogen) atoms. The van der Waals surface area contributed by atoms with E-state index in [2.05, 4.69) is 0 Å². The Balaban J connectivity index is 2.05. The van der Waals surface area contributed by atoms with E-state index in [0.29, 0.717) is 48.0 Å². The summed E-state index contributed by atoms with van der Waals surface area (Å²) in [5, 5.41) is 11.2. The quantitative estimate of drug-likeness (QED) is 0.258. The van der Waals surface area contributed by atoms with Gasteiger partial charge in [0.05, 0.1) is 18.2 Å². The number of likely N-dealkylation sites (tertiary alicyclic amines) is 1. The van der Waals surface area contributed by atoms with Crippen LogP contribution in [0.2, 0.25) is 0 Å². The summed E-state index contributed by atoms with van der Waals surface area (Å²) in [4.78, 5) is 27.3. The number of Topliss-reactive ketones (excluding diaryl/α,β-unsaturated/α-hetero) is 1. The van der Waals surface area contributed by atoms with Crippen molar-refractivity contribution in [2.45, 2.75) is 33.2 Å². The van der Waals surface area contributed by atoms with Crippen molar-refractivity contribution in [3.05, 3.63) is 70.5 Å². The van der Waals surface area contributed by atoms with Crippen molar-refractivity contribution in [3.8, 4) is 5.75 Å². The van der Waals surface area contributed by atoms with E-state index < -0.39 is 23.5 Å². The molecule has 1 N–H and O–H groups in total. The molecular weight excluding hydrogens is 425 g/mol. The van der Waals surface area contributed by atoms with Crippen molar-refractivity contribution in [2.75, 3.05) is 26.9 Å². The molecule has 0 aliphatic carbocycles. The summed E-state index contributed by atoms with van der Waals surface area (Å²) in [5.41, 5.74) is 1.68. The predicted octanol–water partition coefficient (Wildman–Crippen LogP) is 4.63. The number of nitrogens with zero attached hydrogens (tertiary/aromatic N) is 1. The zero-order valence-corrected chi connectivity index (χ0v) is 19.4. The lowest BCUT2D eigenvalue weighted by Crippen LogP contribution is -2.31. The van der Waals surface area contributed by atoms with Crippen molar-refractivity contribution < 1.29 is 28.6 Å². The van der Waals surface area contributed by atoms with Gasteiger partial charge in [-0.05, 0) is 60.7 Å². The van der Waals surface area contributed by atoms with Gasteiger partial charge < -0.3 is 19.5 Å². The van der Waals surface area contributed by atoms with Crippen LogP contribution in [0.3, 0.4) is 0 Å². The molecule has 1 unspecified atom stereocenters. The van der Waals surface area contributed by atoms with E-state index in [-0.39, 0.29) is 17.9 Å². The molecule has 1 aliphatic rings. The zero-order valence-electron chi connectivity index (χ0n) is 19.4. The van der Waals surface area contributed by atoms with Gasteiger partial charge in [-0.2, -0.15) is 0 Å². The molecule has 0 aromatic heterocycles. The molecule has 0 radical (unpaired) electrons. The predicted molar refractivity (Wildman–Crippen MR) is 123 cm³/mol. The molecule has 2 aromatic rings. The highest BCUT2D eigenvalue weighted by Crippen LogP contribution is 2.40. The maximum atomic E-state index is 13.6. The SMILES string of the molecule is COCCCN1C(=O)C(=O)C(=C(O)c2ccc(OCC(C)C)cc2C)C1c1ccc(F)cc1. The summed E-state index contributed by atoms with van der Waals surface area (Å²) in [6.45, 7) is 7.14. The standard InChI is InChI=1S/C26H30FNO5/c1-16(2)15-33-20-10-11-21(17(3)14-20)24(29)22-23(18-6-8-19(27)9-7-18)28(12-5-13-32-4)26(31)25(22)30/h6-11,14,16,23,29H,5,12-13,15H2,1-4H3. The van der Waals surface area contributed by atoms with Crippen LogP contribution in [-0.4, -0.2) is 48.6 Å². The Hall–Kier alpha value is -3.19. The fourth-order valence-electron chi connectivity index (χ4n) is 3.88. The topological polar surface area (TPSA) is 76.1 Å². The van der Waals surface area contributed by atoms with E-state index in [4.69, 9.17) is 9.47 Å². The van der Waals surface area contributed by atoms with Gasteiger partial charge in [0.1, 0.15) is 17.3 Å². The van der Waals surface area contributed by atoms with E-state index in [0.717, 1.165) is 0 Å². The van der Waals surface area contributed by atoms with Gasteiger partial charge in [0.2, 0.25) is 0 Å². The van der Waals surface area contributed by atoms with Gasteiger partial charge in [-0.3, -0.25) is 9.59 Å². The van der Waals surface area contributed by atoms with Gasteiger partial charge in [-0.25, -0.2) is 4.39 Å². The lowest BCUT2D eigenvalue weighted by atomic mass is 9.94. The number of hydrogen-bond donors (Lipinski definition) is 1. The minimum Gasteiger partial charge on any atom is -0.507 e. The largest absolute Gasteiger partial charge is 0.507 e. The first kappa shape index (κ1) is 24.5. The fourth-order valence-corrected chi connectivity index (χ4v) is 3.88. The first-order chi connectivity index (χ1) is 15.7. The first-order valence-electron chi connectivity index (χ1n) is 11.0. The highest BCUT2D eigenvalue weighted by molar-refractivity contribution is 6.46. The van der Waals surface area contributed by atoms with Crippen LogP contribution in [0.5, 0.6) is 5.75 Å². The highest BCUT2D eigenvalue weighted by atomic mass is 19.1. The maximum absolute atomic E-state index is 13.6. The molecule has 3 rings (SSSR count). The molecule has 1 amide bonds. The lowest BCUT2D eigenvalue weighted by molar-refractivity contribution is -0.140. The molecule has 7 heteroatoms. The van der Waals surface area contributed by atoms with E-state index in [1.54, 1.807) is 32.2 Å². The third-order valence-electron chi connectivity index (χ3n) is 5.51. The van der Waals surface area contributed by atoms with Crippen LogP contribution in [0.15, 0.2) is 48.0 Å². The Morgan fingerprint density at radius 1 is 1.15 bits per heavy atom. The summed E-state index contributed by atoms with van der Waals surface area (Å²) in [5.74, 6) is -1.13. The molecule has 0 bridgehead atoms. The van der Waals surface area contributed by atoms with Crippen LogP contribution in [0.1, 0.15) is 43.0 Å². The summed E-state index contributed by atoms with van der Waals surface area (Å²) in [6, 6.07) is 9.98. The number of hydrogen-bond acceptors (Lipinski definition) is 5. The molecule has 1 heterocycles. The van der Waals surface area contributed by atoms with E-state index >= 15 is 0 Å². The second kappa shape index (κ2) is 10.6. The van der Waals surface area contributed by atoms with Gasteiger partial charge in [-0.1, -0.05) is 26.0 Å². The Kier molecular flexibility index (Phi) is 7.87. The van der Waals surface area contributed by atoms with Crippen LogP contribution < -0.4 is 4.74 Å². The van der Waals surface area contributed by atoms with E-state index in [9.17, 15) is 19.1 Å². The van der Waals surface area contributed by atoms with Gasteiger partial charge in [0.15, 0.2) is 0 Å². The number of aryl methyl sites for hydroxylation is 1. The molecular formula is C26H30FNO5. The van der Waals surface area contributed by atoms with Gasteiger partial charge in [0.25, 0.3) is 11.7 Å². The number of ketones is 1. The average Bonchev–Trinajstić information content (AvgIpc) is 3.03. The summed E-state index contributed by atoms with van der Waals surface area (Å²) in [6.07, 6.45) is 0.516. The van der Waals surface area contributed by atoms with Crippen LogP contribution in [0.4, 0.5) is 4.39 Å². The maximum Gasteiger partial charge on any atom is 0.295 e. The number of carbonyl (C=O) groups is 2. The molecule has 0 saturated carbocycles. The lowest BCUT2D eigenvalue weighted by Gasteiger charge is -2.25. The van der Waals surface area contributed by atoms with Gasteiger partial charge >= 0.3 is 0 Å². The monoisotopic (exact) mass is 455 g/mol. The minimum atomic E-state index is -0.821. The molecule has 0 spiro atoms. The van der Waals surface area contributed by atoms with Crippen LogP contribution >= 0.6 is 0 Å². The van der Waals surface area contributed by atoms with Crippen molar-refractivity contribution in [2.24, 2.45) is 5.92 Å². The Morgan fingerprint density at radius 3 is 2.45 bits per heavy atom. The number of ether oxygens (including phenoxy) is 2. The van der Waals surface area contributed by atoms with E-state index in [1.165, 1.54) is 29.2 Å². The van der Waals surface area contributed by atoms with Crippen molar-refractivity contribution in [1.29, 1.82) is 0 Å². The number of rotatable bonds is 9. The number of halogens is 1. The summed E-state index contributed by atoms with van der Waals surface area (Å²) in [7, 11) is 1.56. The number of methoxy groups -OCH3 is 1. The van der Waals surface area contributed by atoms with Crippen LogP contribution in [0, 0.1) is 18.7 Å². The van der Waals surface area contributed by atoms with Crippen LogP contribution in [0.25, 0.3) is 5.76 Å². The number of carbonyl (C=O) groups excluding carboxylic acids is 2. The smallest absolute Gasteiger partial charge is 0.295 e. The second-order valence-electron chi connectivity index (χ2n) is 8.57. The van der Waals surface area contributed by atoms with Crippen molar-refractivity contribution in [3.63, 3.8) is 0 Å². The number of benzene rings is 2. The molecule has 1 aliphatic heterocycles. The summed E-state index contributed by atoms with van der Waals surface area (Å²) < 4.78 is 24.4. The molecule has 1 saturated heterocycles. The first-order valence-corrected chi connectivity index (χ1v) is 11.0. The fraction of sp³-hybridized carbons (Fsp3) is 0.385. The average molecular weight is 456 g/mol. The molecule has 1 fully saturated rings. The van der Waals surface area contributed by atoms with Crippen LogP contribution in [-0.2, 0) is 14.3 Å². The van der Waals surface area contributed by atoms with Crippen molar-refractivity contribution >= 4 is 17.4 Å². The van der Waals surface area contributed by atoms with E-state index in [1.807, 2.05) is 13.8 Å². The third-order valence-corrected chi connectivity index (χ3v) is 5.51. The van der Waals surface area contributed by atoms with Crippen molar-refractivity contribution in [1.82, 2.24) is 4.90 Å². The molecule has 6 nitrogen and oxygen atoms in total. The molecule has 1 atom stereocenters. The van der Waals surface area contributed by atoms with Gasteiger partial charge in [0, 0.05) is 25.8 Å². The molecule has 176 valence electrons. The Morgan fingerprint density at radius 2 is 1.85 bits per heavy atom. The zero-order chi connectivity index (χ0) is 24.1. The minimum absolute atomic E-state index is 0.0111. The normalized spacial score (nSPS) is 17.8. The number of aliphatic hydroxyl groups is 1. The summed E-state index contributed by atoms with van der Waals surface area (Å²) >= 11 is 0. The third kappa shape index (κ3) is 5.42.